The molecule has 8 heteroatoms. The minimum Gasteiger partial charge on any atom is -0.316 e. The standard InChI is InChI=1S/C14H15ClN4OS.ClH/c15-11-3-1-2-9(6-11)7-12-18-19-14(21-12)17-13(20)10-4-5-16-8-10;/h1-3,6,10,16H,4-5,7-8H2,(H,17,19,20);1H. The number of anilines is 1. The normalized spacial score (nSPS) is 17.0. The number of halogens is 2. The van der Waals surface area contributed by atoms with Crippen molar-refractivity contribution in [2.24, 2.45) is 5.92 Å². The first-order valence-electron chi connectivity index (χ1n) is 6.79. The third-order valence-electron chi connectivity index (χ3n) is 3.37. The highest BCUT2D eigenvalue weighted by Crippen LogP contribution is 2.21. The zero-order valence-corrected chi connectivity index (χ0v) is 14.1. The van der Waals surface area contributed by atoms with Crippen LogP contribution >= 0.6 is 35.3 Å². The summed E-state index contributed by atoms with van der Waals surface area (Å²) in [7, 11) is 0. The van der Waals surface area contributed by atoms with E-state index < -0.39 is 0 Å². The molecule has 22 heavy (non-hydrogen) atoms. The summed E-state index contributed by atoms with van der Waals surface area (Å²) in [6, 6.07) is 7.65. The van der Waals surface area contributed by atoms with Gasteiger partial charge in [-0.3, -0.25) is 4.79 Å². The lowest BCUT2D eigenvalue weighted by atomic mass is 10.1. The Morgan fingerprint density at radius 1 is 1.45 bits per heavy atom. The molecule has 0 radical (unpaired) electrons. The number of aromatic nitrogens is 2. The van der Waals surface area contributed by atoms with Gasteiger partial charge in [-0.05, 0) is 30.7 Å². The lowest BCUT2D eigenvalue weighted by Gasteiger charge is -2.06. The van der Waals surface area contributed by atoms with Crippen LogP contribution in [-0.2, 0) is 11.2 Å². The van der Waals surface area contributed by atoms with E-state index in [2.05, 4.69) is 20.8 Å². The molecule has 1 aliphatic rings. The molecular formula is C14H16Cl2N4OS. The Labute approximate surface area is 143 Å². The molecule has 1 atom stereocenters. The summed E-state index contributed by atoms with van der Waals surface area (Å²) in [5.41, 5.74) is 1.08. The number of carbonyl (C=O) groups excluding carboxylic acids is 1. The van der Waals surface area contributed by atoms with Gasteiger partial charge in [0.25, 0.3) is 0 Å². The maximum absolute atomic E-state index is 12.0. The van der Waals surface area contributed by atoms with Gasteiger partial charge in [0.1, 0.15) is 5.01 Å². The van der Waals surface area contributed by atoms with Crippen molar-refractivity contribution in [2.75, 3.05) is 18.4 Å². The van der Waals surface area contributed by atoms with E-state index in [-0.39, 0.29) is 24.2 Å². The monoisotopic (exact) mass is 358 g/mol. The second-order valence-corrected chi connectivity index (χ2v) is 6.49. The summed E-state index contributed by atoms with van der Waals surface area (Å²) >= 11 is 7.37. The molecule has 1 aromatic carbocycles. The number of benzene rings is 1. The van der Waals surface area contributed by atoms with Crippen LogP contribution in [0.25, 0.3) is 0 Å². The lowest BCUT2D eigenvalue weighted by molar-refractivity contribution is -0.119. The minimum atomic E-state index is 0. The molecule has 2 aromatic rings. The summed E-state index contributed by atoms with van der Waals surface area (Å²) in [6.07, 6.45) is 1.54. The first-order chi connectivity index (χ1) is 10.2. The van der Waals surface area contributed by atoms with Gasteiger partial charge in [-0.1, -0.05) is 35.1 Å². The predicted octanol–water partition coefficient (Wildman–Crippen LogP) is 2.75. The Morgan fingerprint density at radius 2 is 2.32 bits per heavy atom. The molecule has 118 valence electrons. The van der Waals surface area contributed by atoms with Crippen molar-refractivity contribution in [1.82, 2.24) is 15.5 Å². The molecule has 0 aliphatic carbocycles. The van der Waals surface area contributed by atoms with Crippen LogP contribution in [0.15, 0.2) is 24.3 Å². The molecule has 0 bridgehead atoms. The zero-order chi connectivity index (χ0) is 14.7. The van der Waals surface area contributed by atoms with Gasteiger partial charge in [-0.15, -0.1) is 22.6 Å². The van der Waals surface area contributed by atoms with E-state index >= 15 is 0 Å². The molecule has 1 aliphatic heterocycles. The quantitative estimate of drug-likeness (QED) is 0.881. The number of hydrogen-bond donors (Lipinski definition) is 2. The predicted molar refractivity (Wildman–Crippen MR) is 91.0 cm³/mol. The number of nitrogens with one attached hydrogen (secondary N) is 2. The largest absolute Gasteiger partial charge is 0.316 e. The van der Waals surface area contributed by atoms with Crippen LogP contribution < -0.4 is 10.6 Å². The molecule has 2 N–H and O–H groups in total. The van der Waals surface area contributed by atoms with E-state index in [0.717, 1.165) is 30.1 Å². The van der Waals surface area contributed by atoms with Crippen molar-refractivity contribution in [3.05, 3.63) is 39.9 Å². The van der Waals surface area contributed by atoms with Crippen LogP contribution in [0, 0.1) is 5.92 Å². The maximum Gasteiger partial charge on any atom is 0.230 e. The van der Waals surface area contributed by atoms with Gasteiger partial charge in [0.15, 0.2) is 0 Å². The first-order valence-corrected chi connectivity index (χ1v) is 7.98. The smallest absolute Gasteiger partial charge is 0.230 e. The van der Waals surface area contributed by atoms with Crippen LogP contribution in [0.2, 0.25) is 5.02 Å². The van der Waals surface area contributed by atoms with Crippen LogP contribution in [0.4, 0.5) is 5.13 Å². The van der Waals surface area contributed by atoms with Gasteiger partial charge in [0.05, 0.1) is 5.92 Å². The Balaban J connectivity index is 0.00000176. The van der Waals surface area contributed by atoms with E-state index in [9.17, 15) is 4.79 Å². The first kappa shape index (κ1) is 17.1. The van der Waals surface area contributed by atoms with Crippen molar-refractivity contribution in [3.63, 3.8) is 0 Å². The number of carbonyl (C=O) groups is 1. The van der Waals surface area contributed by atoms with Gasteiger partial charge in [-0.25, -0.2) is 0 Å². The fourth-order valence-corrected chi connectivity index (χ4v) is 3.27. The summed E-state index contributed by atoms with van der Waals surface area (Å²) in [4.78, 5) is 12.0. The van der Waals surface area contributed by atoms with Crippen LogP contribution in [-0.4, -0.2) is 29.2 Å². The molecular weight excluding hydrogens is 343 g/mol. The molecule has 1 aromatic heterocycles. The van der Waals surface area contributed by atoms with E-state index in [1.54, 1.807) is 0 Å². The lowest BCUT2D eigenvalue weighted by Crippen LogP contribution is -2.24. The molecule has 1 saturated heterocycles. The molecule has 0 spiro atoms. The third kappa shape index (κ3) is 4.39. The fourth-order valence-electron chi connectivity index (χ4n) is 2.28. The molecule has 2 heterocycles. The fraction of sp³-hybridized carbons (Fsp3) is 0.357. The van der Waals surface area contributed by atoms with E-state index in [4.69, 9.17) is 11.6 Å². The number of nitrogens with zero attached hydrogens (tertiary/aromatic N) is 2. The summed E-state index contributed by atoms with van der Waals surface area (Å²) in [5.74, 6) is 0.0516. The van der Waals surface area contributed by atoms with Gasteiger partial charge < -0.3 is 10.6 Å². The van der Waals surface area contributed by atoms with Gasteiger partial charge in [-0.2, -0.15) is 0 Å². The van der Waals surface area contributed by atoms with Crippen LogP contribution in [0.1, 0.15) is 17.0 Å². The van der Waals surface area contributed by atoms with Crippen molar-refractivity contribution in [2.45, 2.75) is 12.8 Å². The minimum absolute atomic E-state index is 0. The third-order valence-corrected chi connectivity index (χ3v) is 4.45. The average Bonchev–Trinajstić information content (AvgIpc) is 3.10. The summed E-state index contributed by atoms with van der Waals surface area (Å²) in [5, 5.41) is 16.3. The summed E-state index contributed by atoms with van der Waals surface area (Å²) < 4.78 is 0. The molecule has 1 amide bonds. The van der Waals surface area contributed by atoms with Crippen molar-refractivity contribution < 1.29 is 4.79 Å². The van der Waals surface area contributed by atoms with E-state index in [1.165, 1.54) is 11.3 Å². The van der Waals surface area contributed by atoms with Gasteiger partial charge in [0, 0.05) is 18.0 Å². The molecule has 1 unspecified atom stereocenters. The van der Waals surface area contributed by atoms with Gasteiger partial charge >= 0.3 is 0 Å². The molecule has 5 nitrogen and oxygen atoms in total. The Kier molecular flexibility index (Phi) is 6.14. The Morgan fingerprint density at radius 3 is 3.05 bits per heavy atom. The maximum atomic E-state index is 12.0. The van der Waals surface area contributed by atoms with Crippen molar-refractivity contribution in [3.8, 4) is 0 Å². The number of amides is 1. The van der Waals surface area contributed by atoms with E-state index in [0.29, 0.717) is 16.6 Å². The number of hydrogen-bond acceptors (Lipinski definition) is 5. The molecule has 1 fully saturated rings. The molecule has 0 saturated carbocycles. The summed E-state index contributed by atoms with van der Waals surface area (Å²) in [6.45, 7) is 1.63. The van der Waals surface area contributed by atoms with E-state index in [1.807, 2.05) is 24.3 Å². The highest BCUT2D eigenvalue weighted by molar-refractivity contribution is 7.15. The highest BCUT2D eigenvalue weighted by Gasteiger charge is 2.23. The molecule has 3 rings (SSSR count). The van der Waals surface area contributed by atoms with Crippen molar-refractivity contribution >= 4 is 46.4 Å². The van der Waals surface area contributed by atoms with Gasteiger partial charge in [0.2, 0.25) is 11.0 Å². The van der Waals surface area contributed by atoms with Crippen molar-refractivity contribution in [1.29, 1.82) is 0 Å². The average molecular weight is 359 g/mol. The second-order valence-electron chi connectivity index (χ2n) is 4.99. The zero-order valence-electron chi connectivity index (χ0n) is 11.7. The Hall–Kier alpha value is -1.21. The SMILES string of the molecule is Cl.O=C(Nc1nnc(Cc2cccc(Cl)c2)s1)C1CCNC1. The topological polar surface area (TPSA) is 66.9 Å². The second kappa shape index (κ2) is 7.87. The van der Waals surface area contributed by atoms with Crippen LogP contribution in [0.5, 0.6) is 0 Å². The number of rotatable bonds is 4. The highest BCUT2D eigenvalue weighted by atomic mass is 35.5. The Bertz CT molecular complexity index is 643. The van der Waals surface area contributed by atoms with Crippen LogP contribution in [0.3, 0.4) is 0 Å².